The maximum Gasteiger partial charge on any atom is 0.309 e. The van der Waals surface area contributed by atoms with E-state index in [0.717, 1.165) is 0 Å². The monoisotopic (exact) mass is 260 g/mol. The van der Waals surface area contributed by atoms with E-state index in [1.165, 1.54) is 17.8 Å². The molecule has 0 saturated heterocycles. The van der Waals surface area contributed by atoms with Crippen molar-refractivity contribution in [3.63, 3.8) is 0 Å². The van der Waals surface area contributed by atoms with E-state index in [0.29, 0.717) is 5.69 Å². The van der Waals surface area contributed by atoms with Crippen LogP contribution in [0.1, 0.15) is 5.69 Å². The lowest BCUT2D eigenvalue weighted by Gasteiger charge is -2.04. The number of hydrogen-bond acceptors (Lipinski definition) is 4. The van der Waals surface area contributed by atoms with E-state index in [1.807, 2.05) is 6.07 Å². The zero-order valence-electron chi connectivity index (χ0n) is 10.2. The highest BCUT2D eigenvalue weighted by molar-refractivity contribution is 5.90. The van der Waals surface area contributed by atoms with Crippen LogP contribution in [0.4, 0.5) is 11.4 Å². The summed E-state index contributed by atoms with van der Waals surface area (Å²) < 4.78 is 1.26. The zero-order chi connectivity index (χ0) is 13.8. The lowest BCUT2D eigenvalue weighted by Crippen LogP contribution is -2.19. The molecule has 98 valence electrons. The highest BCUT2D eigenvalue weighted by Crippen LogP contribution is 2.15. The number of amides is 1. The van der Waals surface area contributed by atoms with Crippen molar-refractivity contribution in [2.75, 3.05) is 5.32 Å². The van der Waals surface area contributed by atoms with Gasteiger partial charge in [0.25, 0.3) is 0 Å². The third kappa shape index (κ3) is 3.15. The average Bonchev–Trinajstić information content (AvgIpc) is 2.71. The number of para-hydroxylation sites is 1. The molecule has 0 atom stereocenters. The van der Waals surface area contributed by atoms with Crippen LogP contribution >= 0.6 is 0 Å². The average molecular weight is 260 g/mol. The van der Waals surface area contributed by atoms with E-state index in [9.17, 15) is 14.9 Å². The molecule has 1 aromatic heterocycles. The molecule has 0 saturated carbocycles. The van der Waals surface area contributed by atoms with Gasteiger partial charge in [0.15, 0.2) is 0 Å². The SMILES string of the molecule is Cc1nn(CC(=O)Nc2ccccc2)cc1[N+](=O)[O-]. The van der Waals surface area contributed by atoms with Crippen LogP contribution in [0, 0.1) is 17.0 Å². The summed E-state index contributed by atoms with van der Waals surface area (Å²) in [6.45, 7) is 1.47. The number of aryl methyl sites for hydroxylation is 1. The molecule has 1 amide bonds. The van der Waals surface area contributed by atoms with Crippen LogP contribution in [0.5, 0.6) is 0 Å². The van der Waals surface area contributed by atoms with Crippen molar-refractivity contribution in [1.82, 2.24) is 9.78 Å². The Morgan fingerprint density at radius 2 is 2.11 bits per heavy atom. The maximum absolute atomic E-state index is 11.7. The number of carbonyl (C=O) groups is 1. The van der Waals surface area contributed by atoms with Crippen LogP contribution in [0.15, 0.2) is 36.5 Å². The number of anilines is 1. The van der Waals surface area contributed by atoms with Crippen molar-refractivity contribution in [2.24, 2.45) is 0 Å². The number of hydrogen-bond donors (Lipinski definition) is 1. The fraction of sp³-hybridized carbons (Fsp3) is 0.167. The highest BCUT2D eigenvalue weighted by Gasteiger charge is 2.16. The van der Waals surface area contributed by atoms with E-state index in [-0.39, 0.29) is 23.8 Å². The zero-order valence-corrected chi connectivity index (χ0v) is 10.2. The van der Waals surface area contributed by atoms with Crippen LogP contribution < -0.4 is 5.32 Å². The predicted molar refractivity (Wildman–Crippen MR) is 68.7 cm³/mol. The fourth-order valence-corrected chi connectivity index (χ4v) is 1.64. The smallest absolute Gasteiger partial charge is 0.309 e. The molecule has 0 aliphatic rings. The number of rotatable bonds is 4. The van der Waals surface area contributed by atoms with Gasteiger partial charge in [0.05, 0.1) is 4.92 Å². The molecule has 0 unspecified atom stereocenters. The van der Waals surface area contributed by atoms with Crippen molar-refractivity contribution >= 4 is 17.3 Å². The third-order valence-corrected chi connectivity index (χ3v) is 2.48. The fourth-order valence-electron chi connectivity index (χ4n) is 1.64. The van der Waals surface area contributed by atoms with E-state index in [1.54, 1.807) is 24.3 Å². The summed E-state index contributed by atoms with van der Waals surface area (Å²) >= 11 is 0. The second-order valence-corrected chi connectivity index (χ2v) is 3.97. The number of nitro groups is 1. The number of aromatic nitrogens is 2. The highest BCUT2D eigenvalue weighted by atomic mass is 16.6. The van der Waals surface area contributed by atoms with Crippen LogP contribution in [-0.4, -0.2) is 20.6 Å². The molecule has 0 radical (unpaired) electrons. The summed E-state index contributed by atoms with van der Waals surface area (Å²) in [5.41, 5.74) is 0.871. The Balaban J connectivity index is 2.03. The largest absolute Gasteiger partial charge is 0.324 e. The lowest BCUT2D eigenvalue weighted by molar-refractivity contribution is -0.385. The molecule has 19 heavy (non-hydrogen) atoms. The van der Waals surface area contributed by atoms with E-state index in [4.69, 9.17) is 0 Å². The standard InChI is InChI=1S/C12H12N4O3/c1-9-11(16(18)19)7-15(14-9)8-12(17)13-10-5-3-2-4-6-10/h2-7H,8H2,1H3,(H,13,17). The van der Waals surface area contributed by atoms with Crippen LogP contribution in [0.2, 0.25) is 0 Å². The second kappa shape index (κ2) is 5.30. The molecule has 7 nitrogen and oxygen atoms in total. The minimum absolute atomic E-state index is 0.0659. The van der Waals surface area contributed by atoms with E-state index >= 15 is 0 Å². The Labute approximate surface area is 109 Å². The first-order chi connectivity index (χ1) is 9.06. The summed E-state index contributed by atoms with van der Waals surface area (Å²) in [6, 6.07) is 8.97. The summed E-state index contributed by atoms with van der Waals surface area (Å²) in [7, 11) is 0. The molecular weight excluding hydrogens is 248 g/mol. The van der Waals surface area contributed by atoms with Gasteiger partial charge in [-0.1, -0.05) is 18.2 Å². The summed E-state index contributed by atoms with van der Waals surface area (Å²) in [4.78, 5) is 21.9. The van der Waals surface area contributed by atoms with Crippen LogP contribution in [-0.2, 0) is 11.3 Å². The Morgan fingerprint density at radius 3 is 2.68 bits per heavy atom. The molecule has 0 fully saturated rings. The summed E-state index contributed by atoms with van der Waals surface area (Å²) in [5.74, 6) is -0.288. The van der Waals surface area contributed by atoms with E-state index in [2.05, 4.69) is 10.4 Å². The molecule has 1 heterocycles. The van der Waals surface area contributed by atoms with Gasteiger partial charge in [-0.2, -0.15) is 5.10 Å². The van der Waals surface area contributed by atoms with Crippen molar-refractivity contribution in [1.29, 1.82) is 0 Å². The maximum atomic E-state index is 11.7. The number of nitrogens with one attached hydrogen (secondary N) is 1. The minimum Gasteiger partial charge on any atom is -0.324 e. The van der Waals surface area contributed by atoms with E-state index < -0.39 is 4.92 Å². The minimum atomic E-state index is -0.520. The van der Waals surface area contributed by atoms with Crippen molar-refractivity contribution < 1.29 is 9.72 Å². The molecule has 1 N–H and O–H groups in total. The Hall–Kier alpha value is -2.70. The predicted octanol–water partition coefficient (Wildman–Crippen LogP) is 1.74. The van der Waals surface area contributed by atoms with Gasteiger partial charge in [-0.15, -0.1) is 0 Å². The van der Waals surface area contributed by atoms with Gasteiger partial charge in [-0.25, -0.2) is 0 Å². The number of nitrogens with zero attached hydrogens (tertiary/aromatic N) is 3. The first-order valence-electron chi connectivity index (χ1n) is 5.59. The van der Waals surface area contributed by atoms with Gasteiger partial charge in [0.1, 0.15) is 18.4 Å². The van der Waals surface area contributed by atoms with Crippen molar-refractivity contribution in [3.05, 3.63) is 52.3 Å². The van der Waals surface area contributed by atoms with Crippen molar-refractivity contribution in [2.45, 2.75) is 13.5 Å². The first-order valence-corrected chi connectivity index (χ1v) is 5.59. The summed E-state index contributed by atoms with van der Waals surface area (Å²) in [6.07, 6.45) is 1.25. The lowest BCUT2D eigenvalue weighted by atomic mass is 10.3. The number of carbonyl (C=O) groups excluding carboxylic acids is 1. The van der Waals surface area contributed by atoms with Gasteiger partial charge in [0.2, 0.25) is 5.91 Å². The topological polar surface area (TPSA) is 90.1 Å². The van der Waals surface area contributed by atoms with Crippen LogP contribution in [0.3, 0.4) is 0 Å². The number of benzene rings is 1. The van der Waals surface area contributed by atoms with Crippen LogP contribution in [0.25, 0.3) is 0 Å². The summed E-state index contributed by atoms with van der Waals surface area (Å²) in [5, 5.41) is 17.3. The Morgan fingerprint density at radius 1 is 1.42 bits per heavy atom. The van der Waals surface area contributed by atoms with Gasteiger partial charge < -0.3 is 5.32 Å². The molecule has 7 heteroatoms. The van der Waals surface area contributed by atoms with Gasteiger partial charge in [0, 0.05) is 5.69 Å². The molecule has 2 rings (SSSR count). The molecule has 0 aliphatic heterocycles. The molecule has 2 aromatic rings. The normalized spacial score (nSPS) is 10.2. The quantitative estimate of drug-likeness (QED) is 0.669. The van der Waals surface area contributed by atoms with Crippen molar-refractivity contribution in [3.8, 4) is 0 Å². The molecule has 1 aromatic carbocycles. The first kappa shape index (κ1) is 12.7. The molecule has 0 bridgehead atoms. The van der Waals surface area contributed by atoms with Gasteiger partial charge in [-0.3, -0.25) is 19.6 Å². The molecule has 0 spiro atoms. The van der Waals surface area contributed by atoms with Gasteiger partial charge >= 0.3 is 5.69 Å². The Bertz CT molecular complexity index is 607. The molecular formula is C12H12N4O3. The van der Waals surface area contributed by atoms with Gasteiger partial charge in [-0.05, 0) is 19.1 Å². The third-order valence-electron chi connectivity index (χ3n) is 2.48. The Kier molecular flexibility index (Phi) is 3.56. The molecule has 0 aliphatic carbocycles. The second-order valence-electron chi connectivity index (χ2n) is 3.97.